The van der Waals surface area contributed by atoms with E-state index in [1.54, 1.807) is 16.9 Å². The second-order valence-corrected chi connectivity index (χ2v) is 3.53. The molecule has 0 amide bonds. The first-order valence-corrected chi connectivity index (χ1v) is 4.44. The topological polar surface area (TPSA) is 56.2 Å². The summed E-state index contributed by atoms with van der Waals surface area (Å²) >= 11 is 0. The zero-order valence-electron chi connectivity index (χ0n) is 7.14. The summed E-state index contributed by atoms with van der Waals surface area (Å²) in [6.07, 6.45) is 5.99. The van der Waals surface area contributed by atoms with Crippen LogP contribution in [0.15, 0.2) is 18.5 Å². The van der Waals surface area contributed by atoms with E-state index in [4.69, 9.17) is 5.73 Å². The molecule has 0 saturated heterocycles. The number of nitrogens with zero attached hydrogens (tertiary/aromatic N) is 3. The van der Waals surface area contributed by atoms with Crippen LogP contribution < -0.4 is 5.73 Å². The molecule has 2 aromatic heterocycles. The molecule has 0 spiro atoms. The standard InChI is InChI=1S/C9H10N4/c10-7-4-11-9-3-8(6-1-2-6)12-13(9)5-7/h3-6H,1-2,10H2. The number of hydrogen-bond acceptors (Lipinski definition) is 3. The van der Waals surface area contributed by atoms with Crippen molar-refractivity contribution in [3.63, 3.8) is 0 Å². The van der Waals surface area contributed by atoms with Crippen molar-refractivity contribution in [3.8, 4) is 0 Å². The van der Waals surface area contributed by atoms with Crippen LogP contribution in [0.3, 0.4) is 0 Å². The lowest BCUT2D eigenvalue weighted by Crippen LogP contribution is -1.94. The van der Waals surface area contributed by atoms with Gasteiger partial charge in [-0.15, -0.1) is 0 Å². The molecule has 0 bridgehead atoms. The quantitative estimate of drug-likeness (QED) is 0.706. The third kappa shape index (κ3) is 1.06. The summed E-state index contributed by atoms with van der Waals surface area (Å²) in [7, 11) is 0. The van der Waals surface area contributed by atoms with E-state index in [0.717, 1.165) is 11.3 Å². The van der Waals surface area contributed by atoms with E-state index in [1.165, 1.54) is 12.8 Å². The van der Waals surface area contributed by atoms with Gasteiger partial charge in [-0.3, -0.25) is 0 Å². The molecule has 1 aliphatic rings. The minimum Gasteiger partial charge on any atom is -0.396 e. The fourth-order valence-electron chi connectivity index (χ4n) is 1.49. The average Bonchev–Trinajstić information content (AvgIpc) is 2.87. The lowest BCUT2D eigenvalue weighted by atomic mass is 10.3. The summed E-state index contributed by atoms with van der Waals surface area (Å²) < 4.78 is 1.75. The number of fused-ring (bicyclic) bond motifs is 1. The fourth-order valence-corrected chi connectivity index (χ4v) is 1.49. The Balaban J connectivity index is 2.20. The molecule has 2 N–H and O–H groups in total. The molecule has 3 rings (SSSR count). The third-order valence-corrected chi connectivity index (χ3v) is 2.35. The van der Waals surface area contributed by atoms with Gasteiger partial charge in [-0.05, 0) is 12.8 Å². The summed E-state index contributed by atoms with van der Waals surface area (Å²) in [5, 5.41) is 4.41. The number of aromatic nitrogens is 3. The largest absolute Gasteiger partial charge is 0.396 e. The van der Waals surface area contributed by atoms with Gasteiger partial charge in [0.1, 0.15) is 0 Å². The molecular formula is C9H10N4. The molecule has 4 nitrogen and oxygen atoms in total. The highest BCUT2D eigenvalue weighted by Gasteiger charge is 2.26. The second kappa shape index (κ2) is 2.22. The summed E-state index contributed by atoms with van der Waals surface area (Å²) in [5.74, 6) is 0.669. The van der Waals surface area contributed by atoms with Gasteiger partial charge < -0.3 is 5.73 Å². The van der Waals surface area contributed by atoms with Crippen molar-refractivity contribution in [1.29, 1.82) is 0 Å². The molecule has 0 aromatic carbocycles. The first-order chi connectivity index (χ1) is 6.33. The molecule has 0 aliphatic heterocycles. The molecule has 2 aromatic rings. The number of nitrogens with two attached hydrogens (primary N) is 1. The first-order valence-electron chi connectivity index (χ1n) is 4.44. The van der Waals surface area contributed by atoms with Crippen molar-refractivity contribution >= 4 is 11.3 Å². The normalized spacial score (nSPS) is 16.6. The Morgan fingerprint density at radius 1 is 1.46 bits per heavy atom. The van der Waals surface area contributed by atoms with Gasteiger partial charge in [-0.25, -0.2) is 9.50 Å². The average molecular weight is 174 g/mol. The lowest BCUT2D eigenvalue weighted by molar-refractivity contribution is 0.883. The van der Waals surface area contributed by atoms with E-state index in [2.05, 4.69) is 10.1 Å². The predicted octanol–water partition coefficient (Wildman–Crippen LogP) is 1.19. The highest BCUT2D eigenvalue weighted by atomic mass is 15.3. The molecule has 66 valence electrons. The highest BCUT2D eigenvalue weighted by Crippen LogP contribution is 2.39. The highest BCUT2D eigenvalue weighted by molar-refractivity contribution is 5.45. The van der Waals surface area contributed by atoms with Gasteiger partial charge in [0.15, 0.2) is 5.65 Å². The maximum absolute atomic E-state index is 5.60. The zero-order valence-corrected chi connectivity index (χ0v) is 7.14. The smallest absolute Gasteiger partial charge is 0.155 e. The summed E-state index contributed by atoms with van der Waals surface area (Å²) in [6, 6.07) is 2.04. The van der Waals surface area contributed by atoms with E-state index >= 15 is 0 Å². The second-order valence-electron chi connectivity index (χ2n) is 3.53. The van der Waals surface area contributed by atoms with Crippen LogP contribution in [0.5, 0.6) is 0 Å². The van der Waals surface area contributed by atoms with Crippen LogP contribution in [0.1, 0.15) is 24.5 Å². The van der Waals surface area contributed by atoms with Gasteiger partial charge in [-0.2, -0.15) is 5.10 Å². The van der Waals surface area contributed by atoms with Crippen LogP contribution in [0.4, 0.5) is 5.69 Å². The summed E-state index contributed by atoms with van der Waals surface area (Å²) in [4.78, 5) is 4.19. The van der Waals surface area contributed by atoms with Gasteiger partial charge >= 0.3 is 0 Å². The molecular weight excluding hydrogens is 164 g/mol. The number of rotatable bonds is 1. The molecule has 0 radical (unpaired) electrons. The third-order valence-electron chi connectivity index (χ3n) is 2.35. The molecule has 2 heterocycles. The maximum Gasteiger partial charge on any atom is 0.155 e. The molecule has 1 aliphatic carbocycles. The van der Waals surface area contributed by atoms with Crippen LogP contribution in [0.2, 0.25) is 0 Å². The fraction of sp³-hybridized carbons (Fsp3) is 0.333. The predicted molar refractivity (Wildman–Crippen MR) is 49.4 cm³/mol. The van der Waals surface area contributed by atoms with E-state index < -0.39 is 0 Å². The van der Waals surface area contributed by atoms with E-state index in [0.29, 0.717) is 11.6 Å². The minimum absolute atomic E-state index is 0.651. The first kappa shape index (κ1) is 6.88. The monoisotopic (exact) mass is 174 g/mol. The summed E-state index contributed by atoms with van der Waals surface area (Å²) in [6.45, 7) is 0. The Labute approximate surface area is 75.4 Å². The zero-order chi connectivity index (χ0) is 8.84. The minimum atomic E-state index is 0.651. The van der Waals surface area contributed by atoms with Crippen molar-refractivity contribution in [2.24, 2.45) is 0 Å². The Morgan fingerprint density at radius 3 is 3.08 bits per heavy atom. The van der Waals surface area contributed by atoms with Crippen molar-refractivity contribution in [2.75, 3.05) is 5.73 Å². The Kier molecular flexibility index (Phi) is 1.17. The molecule has 0 unspecified atom stereocenters. The van der Waals surface area contributed by atoms with Crippen molar-refractivity contribution in [3.05, 3.63) is 24.2 Å². The summed E-state index contributed by atoms with van der Waals surface area (Å²) in [5.41, 5.74) is 8.29. The molecule has 0 atom stereocenters. The van der Waals surface area contributed by atoms with Gasteiger partial charge in [0.05, 0.1) is 23.8 Å². The van der Waals surface area contributed by atoms with Crippen LogP contribution >= 0.6 is 0 Å². The SMILES string of the molecule is Nc1cnc2cc(C3CC3)nn2c1. The molecule has 1 saturated carbocycles. The maximum atomic E-state index is 5.60. The lowest BCUT2D eigenvalue weighted by Gasteiger charge is -1.92. The van der Waals surface area contributed by atoms with Crippen molar-refractivity contribution < 1.29 is 0 Å². The van der Waals surface area contributed by atoms with Crippen LogP contribution in [0.25, 0.3) is 5.65 Å². The van der Waals surface area contributed by atoms with Crippen molar-refractivity contribution in [1.82, 2.24) is 14.6 Å². The number of anilines is 1. The van der Waals surface area contributed by atoms with Gasteiger partial charge in [0.2, 0.25) is 0 Å². The van der Waals surface area contributed by atoms with Crippen LogP contribution in [-0.2, 0) is 0 Å². The Hall–Kier alpha value is -1.58. The Morgan fingerprint density at radius 2 is 2.31 bits per heavy atom. The van der Waals surface area contributed by atoms with Crippen LogP contribution in [0, 0.1) is 0 Å². The van der Waals surface area contributed by atoms with Gasteiger partial charge in [0, 0.05) is 12.0 Å². The Bertz CT molecular complexity index is 456. The molecule has 4 heteroatoms. The van der Waals surface area contributed by atoms with E-state index in [-0.39, 0.29) is 0 Å². The number of nitrogen functional groups attached to an aromatic ring is 1. The molecule has 1 fully saturated rings. The number of hydrogen-bond donors (Lipinski definition) is 1. The van der Waals surface area contributed by atoms with Crippen LogP contribution in [-0.4, -0.2) is 14.6 Å². The van der Waals surface area contributed by atoms with E-state index in [9.17, 15) is 0 Å². The van der Waals surface area contributed by atoms with E-state index in [1.807, 2.05) is 6.07 Å². The molecule has 13 heavy (non-hydrogen) atoms. The van der Waals surface area contributed by atoms with Gasteiger partial charge in [0.25, 0.3) is 0 Å². The van der Waals surface area contributed by atoms with Gasteiger partial charge in [-0.1, -0.05) is 0 Å². The van der Waals surface area contributed by atoms with Crippen molar-refractivity contribution in [2.45, 2.75) is 18.8 Å².